The first-order valence-corrected chi connectivity index (χ1v) is 8.49. The molecule has 0 spiro atoms. The van der Waals surface area contributed by atoms with Gasteiger partial charge in [-0.25, -0.2) is 0 Å². The molecule has 0 aliphatic rings. The largest absolute Gasteiger partial charge is 0.378 e. The summed E-state index contributed by atoms with van der Waals surface area (Å²) in [7, 11) is 0. The normalized spacial score (nSPS) is 12.1. The van der Waals surface area contributed by atoms with Crippen molar-refractivity contribution in [2.75, 3.05) is 17.2 Å². The fourth-order valence-electron chi connectivity index (χ4n) is 2.72. The van der Waals surface area contributed by atoms with E-state index in [1.165, 1.54) is 6.92 Å². The molecule has 2 amide bonds. The highest BCUT2D eigenvalue weighted by atomic mass is 16.5. The molecular weight excluding hydrogens is 304 g/mol. The summed E-state index contributed by atoms with van der Waals surface area (Å²) in [6, 6.07) is 3.72. The zero-order chi connectivity index (χ0) is 18.3. The molecule has 5 heteroatoms. The molecule has 0 aliphatic heterocycles. The molecule has 2 N–H and O–H groups in total. The van der Waals surface area contributed by atoms with Crippen LogP contribution in [0.1, 0.15) is 51.7 Å². The van der Waals surface area contributed by atoms with Gasteiger partial charge in [0.25, 0.3) is 0 Å². The molecule has 0 fully saturated rings. The summed E-state index contributed by atoms with van der Waals surface area (Å²) >= 11 is 0. The Morgan fingerprint density at radius 1 is 1.08 bits per heavy atom. The van der Waals surface area contributed by atoms with E-state index < -0.39 is 0 Å². The summed E-state index contributed by atoms with van der Waals surface area (Å²) in [6.07, 6.45) is 1.48. The lowest BCUT2D eigenvalue weighted by molar-refractivity contribution is -0.117. The molecule has 0 bridgehead atoms. The number of hydrogen-bond acceptors (Lipinski definition) is 3. The quantitative estimate of drug-likeness (QED) is 0.754. The van der Waals surface area contributed by atoms with E-state index in [1.54, 1.807) is 0 Å². The Bertz CT molecular complexity index is 559. The SMILES string of the molecule is CC(=O)Nc1c(C)cc(NC(=O)CCO[C@@H](C)CC(C)C)cc1C. The Hall–Kier alpha value is -1.88. The van der Waals surface area contributed by atoms with E-state index in [-0.39, 0.29) is 17.9 Å². The summed E-state index contributed by atoms with van der Waals surface area (Å²) in [5, 5.41) is 5.70. The van der Waals surface area contributed by atoms with Crippen LogP contribution < -0.4 is 10.6 Å². The van der Waals surface area contributed by atoms with E-state index in [1.807, 2.05) is 32.9 Å². The summed E-state index contributed by atoms with van der Waals surface area (Å²) < 4.78 is 5.66. The van der Waals surface area contributed by atoms with Crippen molar-refractivity contribution in [1.29, 1.82) is 0 Å². The molecule has 0 saturated carbocycles. The summed E-state index contributed by atoms with van der Waals surface area (Å²) in [5.74, 6) is 0.408. The Kier molecular flexibility index (Phi) is 7.92. The Morgan fingerprint density at radius 2 is 1.67 bits per heavy atom. The monoisotopic (exact) mass is 334 g/mol. The van der Waals surface area contributed by atoms with Gasteiger partial charge in [0.15, 0.2) is 0 Å². The van der Waals surface area contributed by atoms with Gasteiger partial charge in [-0.1, -0.05) is 13.8 Å². The highest BCUT2D eigenvalue weighted by Gasteiger charge is 2.10. The van der Waals surface area contributed by atoms with Crippen molar-refractivity contribution in [3.05, 3.63) is 23.3 Å². The van der Waals surface area contributed by atoms with Crippen molar-refractivity contribution < 1.29 is 14.3 Å². The topological polar surface area (TPSA) is 67.4 Å². The lowest BCUT2D eigenvalue weighted by Crippen LogP contribution is -2.18. The first-order chi connectivity index (χ1) is 11.2. The van der Waals surface area contributed by atoms with Gasteiger partial charge in [-0.05, 0) is 56.4 Å². The zero-order valence-corrected chi connectivity index (χ0v) is 15.7. The number of carbonyl (C=O) groups is 2. The molecule has 1 atom stereocenters. The first-order valence-electron chi connectivity index (χ1n) is 8.49. The predicted octanol–water partition coefficient (Wildman–Crippen LogP) is 4.04. The van der Waals surface area contributed by atoms with E-state index in [9.17, 15) is 9.59 Å². The van der Waals surface area contributed by atoms with E-state index in [2.05, 4.69) is 24.5 Å². The number of rotatable bonds is 8. The molecule has 134 valence electrons. The van der Waals surface area contributed by atoms with Crippen LogP contribution in [-0.2, 0) is 14.3 Å². The van der Waals surface area contributed by atoms with Crippen molar-refractivity contribution in [3.8, 4) is 0 Å². The molecule has 1 aromatic carbocycles. The fraction of sp³-hybridized carbons (Fsp3) is 0.579. The minimum Gasteiger partial charge on any atom is -0.378 e. The smallest absolute Gasteiger partial charge is 0.226 e. The molecular formula is C19H30N2O3. The van der Waals surface area contributed by atoms with Gasteiger partial charge in [0, 0.05) is 18.3 Å². The van der Waals surface area contributed by atoms with Gasteiger partial charge in [-0.3, -0.25) is 9.59 Å². The Morgan fingerprint density at radius 3 is 2.17 bits per heavy atom. The second-order valence-electron chi connectivity index (χ2n) is 6.78. The second-order valence-corrected chi connectivity index (χ2v) is 6.78. The summed E-state index contributed by atoms with van der Waals surface area (Å²) in [5.41, 5.74) is 3.37. The third-order valence-electron chi connectivity index (χ3n) is 3.65. The van der Waals surface area contributed by atoms with Crippen LogP contribution in [0.3, 0.4) is 0 Å². The van der Waals surface area contributed by atoms with Crippen LogP contribution in [0.5, 0.6) is 0 Å². The number of carbonyl (C=O) groups excluding carboxylic acids is 2. The zero-order valence-electron chi connectivity index (χ0n) is 15.7. The minimum atomic E-state index is -0.106. The van der Waals surface area contributed by atoms with E-state index in [4.69, 9.17) is 4.74 Å². The number of anilines is 2. The van der Waals surface area contributed by atoms with Crippen molar-refractivity contribution in [2.45, 2.75) is 60.5 Å². The van der Waals surface area contributed by atoms with Crippen molar-refractivity contribution in [3.63, 3.8) is 0 Å². The van der Waals surface area contributed by atoms with Gasteiger partial charge in [-0.15, -0.1) is 0 Å². The molecule has 0 saturated heterocycles. The molecule has 24 heavy (non-hydrogen) atoms. The number of benzene rings is 1. The number of hydrogen-bond donors (Lipinski definition) is 2. The average molecular weight is 334 g/mol. The summed E-state index contributed by atoms with van der Waals surface area (Å²) in [6.45, 7) is 12.1. The Balaban J connectivity index is 2.54. The van der Waals surface area contributed by atoms with Crippen LogP contribution in [0.25, 0.3) is 0 Å². The third-order valence-corrected chi connectivity index (χ3v) is 3.65. The maximum atomic E-state index is 12.0. The molecule has 5 nitrogen and oxygen atoms in total. The number of aryl methyl sites for hydroxylation is 2. The van der Waals surface area contributed by atoms with Crippen LogP contribution in [-0.4, -0.2) is 24.5 Å². The minimum absolute atomic E-state index is 0.0715. The van der Waals surface area contributed by atoms with Crippen molar-refractivity contribution in [1.82, 2.24) is 0 Å². The lowest BCUT2D eigenvalue weighted by atomic mass is 10.1. The fourth-order valence-corrected chi connectivity index (χ4v) is 2.72. The maximum absolute atomic E-state index is 12.0. The first kappa shape index (κ1) is 20.2. The number of nitrogens with one attached hydrogen (secondary N) is 2. The highest BCUT2D eigenvalue weighted by Crippen LogP contribution is 2.25. The molecule has 0 heterocycles. The maximum Gasteiger partial charge on any atom is 0.226 e. The third kappa shape index (κ3) is 7.13. The van der Waals surface area contributed by atoms with Crippen molar-refractivity contribution >= 4 is 23.2 Å². The van der Waals surface area contributed by atoms with E-state index in [0.29, 0.717) is 18.9 Å². The molecule has 0 aromatic heterocycles. The van der Waals surface area contributed by atoms with Crippen LogP contribution in [0, 0.1) is 19.8 Å². The van der Waals surface area contributed by atoms with Gasteiger partial charge in [0.1, 0.15) is 0 Å². The standard InChI is InChI=1S/C19H30N2O3/c1-12(2)9-15(5)24-8-7-18(23)21-17-10-13(3)19(14(4)11-17)20-16(6)22/h10-12,15H,7-9H2,1-6H3,(H,20,22)(H,21,23)/t15-/m0/s1. The predicted molar refractivity (Wildman–Crippen MR) is 98.3 cm³/mol. The van der Waals surface area contributed by atoms with Crippen molar-refractivity contribution in [2.24, 2.45) is 5.92 Å². The summed E-state index contributed by atoms with van der Waals surface area (Å²) in [4.78, 5) is 23.3. The van der Waals surface area contributed by atoms with Crippen LogP contribution >= 0.6 is 0 Å². The molecule has 1 rings (SSSR count). The second kappa shape index (κ2) is 9.42. The average Bonchev–Trinajstić information content (AvgIpc) is 2.41. The van der Waals surface area contributed by atoms with Gasteiger partial charge in [0.2, 0.25) is 11.8 Å². The Labute approximate surface area is 145 Å². The van der Waals surface area contributed by atoms with Gasteiger partial charge < -0.3 is 15.4 Å². The van der Waals surface area contributed by atoms with Crippen LogP contribution in [0.4, 0.5) is 11.4 Å². The van der Waals surface area contributed by atoms with E-state index in [0.717, 1.165) is 28.9 Å². The van der Waals surface area contributed by atoms with Crippen LogP contribution in [0.15, 0.2) is 12.1 Å². The molecule has 0 unspecified atom stereocenters. The molecule has 1 aromatic rings. The lowest BCUT2D eigenvalue weighted by Gasteiger charge is -2.16. The van der Waals surface area contributed by atoms with Gasteiger partial charge in [0.05, 0.1) is 19.1 Å². The number of amides is 2. The van der Waals surface area contributed by atoms with Gasteiger partial charge >= 0.3 is 0 Å². The number of ether oxygens (including phenoxy) is 1. The highest BCUT2D eigenvalue weighted by molar-refractivity contribution is 5.93. The van der Waals surface area contributed by atoms with Crippen LogP contribution in [0.2, 0.25) is 0 Å². The molecule has 0 radical (unpaired) electrons. The molecule has 0 aliphatic carbocycles. The van der Waals surface area contributed by atoms with Gasteiger partial charge in [-0.2, -0.15) is 0 Å². The van der Waals surface area contributed by atoms with E-state index >= 15 is 0 Å².